The molecule has 2 aliphatic rings. The van der Waals surface area contributed by atoms with Crippen molar-refractivity contribution in [1.29, 1.82) is 0 Å². The number of carbonyl (C=O) groups is 8. The highest BCUT2D eigenvalue weighted by atomic mass is 16.8. The average Bonchev–Trinajstić information content (AvgIpc) is 2.51. The number of carbonyl (C=O) groups excluding carboxylic acids is 8. The summed E-state index contributed by atoms with van der Waals surface area (Å²) < 4.78 is 64.3. The molecule has 18 nitrogen and oxygen atoms in total. The van der Waals surface area contributed by atoms with E-state index in [9.17, 15) is 38.4 Å². The van der Waals surface area contributed by atoms with E-state index in [1.165, 1.54) is 84.9 Å². The number of rotatable bonds is 21. The topological polar surface area (TPSA) is 229 Å². The summed E-state index contributed by atoms with van der Waals surface area (Å²) in [6.45, 7) is -0.781. The SMILES string of the molecule is O=C(CCC1O[C@@H](O[C@@H]2C(COC(=O)c3ccccc3)OC(OC(=O)c3ccccc3)C(OC(=O)c3ccccc3)[C@H]2OC(=O)c2ccccc2)C(OC(=O)c2ccccc2)[C@@H](OC(=O)c2ccccc2)[C@H]1OC(=O)c1ccccc1)c1ccccc1. The molecule has 0 bridgehead atoms. The Morgan fingerprint density at radius 1 is 0.276 bits per heavy atom. The summed E-state index contributed by atoms with van der Waals surface area (Å²) in [5.74, 6) is -7.19. The predicted molar refractivity (Wildman–Crippen MR) is 309 cm³/mol. The van der Waals surface area contributed by atoms with Crippen LogP contribution in [0.5, 0.6) is 0 Å². The van der Waals surface area contributed by atoms with Crippen LogP contribution in [0.3, 0.4) is 0 Å². The van der Waals surface area contributed by atoms with Crippen molar-refractivity contribution in [2.45, 2.75) is 74.3 Å². The number of ketones is 1. The van der Waals surface area contributed by atoms with E-state index >= 15 is 0 Å². The molecule has 8 aromatic carbocycles. The first kappa shape index (κ1) is 59.7. The molecule has 0 aliphatic carbocycles. The molecule has 2 heterocycles. The van der Waals surface area contributed by atoms with Crippen molar-refractivity contribution < 1.29 is 85.7 Å². The second-order valence-electron chi connectivity index (χ2n) is 19.9. The first-order valence-corrected chi connectivity index (χ1v) is 27.8. The zero-order chi connectivity index (χ0) is 60.5. The monoisotopic (exact) mass is 1170 g/mol. The van der Waals surface area contributed by atoms with Gasteiger partial charge >= 0.3 is 41.8 Å². The molecular formula is C69H56O18. The van der Waals surface area contributed by atoms with Crippen LogP contribution in [0.1, 0.15) is 95.7 Å². The zero-order valence-electron chi connectivity index (χ0n) is 46.3. The lowest BCUT2D eigenvalue weighted by Crippen LogP contribution is -2.67. The predicted octanol–water partition coefficient (Wildman–Crippen LogP) is 10.3. The van der Waals surface area contributed by atoms with E-state index in [2.05, 4.69) is 0 Å². The van der Waals surface area contributed by atoms with Gasteiger partial charge in [-0.3, -0.25) is 4.79 Å². The third-order valence-corrected chi connectivity index (χ3v) is 14.1. The molecule has 10 rings (SSSR count). The Labute approximate surface area is 499 Å². The van der Waals surface area contributed by atoms with Crippen molar-refractivity contribution in [3.8, 4) is 0 Å². The molecule has 18 heteroatoms. The normalized spacial score (nSPS) is 21.3. The van der Waals surface area contributed by atoms with Gasteiger partial charge < -0.3 is 47.4 Å². The minimum Gasteiger partial charge on any atom is -0.459 e. The standard InChI is InChI=1S/C69H56O18/c70-52(44-25-9-1-10-26-44)41-42-53-55(81-62(72)46-29-13-3-14-30-46)57(82-63(73)47-31-15-4-16-32-47)59(84-65(75)49-35-19-6-20-36-49)68(79-53)86-56-54(43-78-61(71)45-27-11-2-12-28-45)80-69(87-67(77)51-39-23-8-24-40-51)60(85-66(76)50-37-21-7-22-38-50)58(56)83-64(74)48-33-17-5-18-34-48/h1-40,53-60,68-69H,41-43H2/t53?,54?,55-,56+,57-,58-,59?,60?,68-,69?/m0/s1. The molecule has 0 aromatic heterocycles. The Kier molecular flexibility index (Phi) is 19.9. The summed E-state index contributed by atoms with van der Waals surface area (Å²) in [4.78, 5) is 115. The molecule has 0 amide bonds. The highest BCUT2D eigenvalue weighted by Crippen LogP contribution is 2.38. The average molecular weight is 1170 g/mol. The van der Waals surface area contributed by atoms with Gasteiger partial charge in [0.15, 0.2) is 36.5 Å². The van der Waals surface area contributed by atoms with Crippen molar-refractivity contribution >= 4 is 47.6 Å². The van der Waals surface area contributed by atoms with E-state index in [4.69, 9.17) is 47.4 Å². The molecule has 5 unspecified atom stereocenters. The lowest BCUT2D eigenvalue weighted by atomic mass is 9.92. The van der Waals surface area contributed by atoms with E-state index in [1.54, 1.807) is 158 Å². The lowest BCUT2D eigenvalue weighted by molar-refractivity contribution is -0.350. The minimum absolute atomic E-state index is 0.00451. The van der Waals surface area contributed by atoms with Gasteiger partial charge in [-0.1, -0.05) is 158 Å². The fraction of sp³-hybridized carbons (Fsp3) is 0.188. The van der Waals surface area contributed by atoms with Gasteiger partial charge in [-0.25, -0.2) is 33.6 Å². The van der Waals surface area contributed by atoms with Crippen LogP contribution in [0.4, 0.5) is 0 Å². The van der Waals surface area contributed by atoms with Crippen LogP contribution in [0, 0.1) is 0 Å². The van der Waals surface area contributed by atoms with Gasteiger partial charge in [0.05, 0.1) is 38.9 Å². The van der Waals surface area contributed by atoms with Gasteiger partial charge in [-0.05, 0) is 91.3 Å². The van der Waals surface area contributed by atoms with Gasteiger partial charge in [-0.2, -0.15) is 0 Å². The van der Waals surface area contributed by atoms with Crippen LogP contribution in [-0.2, 0) is 47.4 Å². The summed E-state index contributed by atoms with van der Waals surface area (Å²) in [5.41, 5.74) is 0.544. The van der Waals surface area contributed by atoms with Gasteiger partial charge in [-0.15, -0.1) is 0 Å². The highest BCUT2D eigenvalue weighted by molar-refractivity contribution is 5.96. The number of Topliss-reactive ketones (excluding diaryl/α,β-unsaturated/α-hetero) is 1. The maximum atomic E-state index is 14.7. The quantitative estimate of drug-likeness (QED) is 0.0370. The molecule has 8 aromatic rings. The van der Waals surface area contributed by atoms with E-state index in [0.717, 1.165) is 0 Å². The number of ether oxygens (including phenoxy) is 10. The molecule has 0 saturated carbocycles. The Balaban J connectivity index is 1.14. The number of hydrogen-bond donors (Lipinski definition) is 0. The van der Waals surface area contributed by atoms with Gasteiger partial charge in [0.1, 0.15) is 24.9 Å². The van der Waals surface area contributed by atoms with Crippen LogP contribution in [0.15, 0.2) is 243 Å². The number of esters is 7. The van der Waals surface area contributed by atoms with Crippen LogP contribution in [0.2, 0.25) is 0 Å². The molecule has 2 fully saturated rings. The molecule has 87 heavy (non-hydrogen) atoms. The molecule has 2 aliphatic heterocycles. The third kappa shape index (κ3) is 15.3. The van der Waals surface area contributed by atoms with E-state index < -0.39 is 110 Å². The summed E-state index contributed by atoms with van der Waals surface area (Å²) in [6, 6.07) is 62.7. The maximum absolute atomic E-state index is 14.7. The summed E-state index contributed by atoms with van der Waals surface area (Å²) in [6.07, 6.45) is -19.3. The van der Waals surface area contributed by atoms with E-state index in [-0.39, 0.29) is 57.6 Å². The van der Waals surface area contributed by atoms with E-state index in [1.807, 2.05) is 0 Å². The van der Waals surface area contributed by atoms with Crippen LogP contribution in [0.25, 0.3) is 0 Å². The van der Waals surface area contributed by atoms with Gasteiger partial charge in [0, 0.05) is 12.0 Å². The van der Waals surface area contributed by atoms with Crippen LogP contribution in [-0.4, -0.2) is 116 Å². The molecule has 0 spiro atoms. The fourth-order valence-electron chi connectivity index (χ4n) is 9.74. The van der Waals surface area contributed by atoms with Crippen LogP contribution < -0.4 is 0 Å². The first-order chi connectivity index (χ1) is 42.5. The van der Waals surface area contributed by atoms with Gasteiger partial charge in [0.25, 0.3) is 0 Å². The smallest absolute Gasteiger partial charge is 0.340 e. The van der Waals surface area contributed by atoms with Crippen molar-refractivity contribution in [3.63, 3.8) is 0 Å². The first-order valence-electron chi connectivity index (χ1n) is 27.8. The summed E-state index contributed by atoms with van der Waals surface area (Å²) in [7, 11) is 0. The second-order valence-corrected chi connectivity index (χ2v) is 19.9. The largest absolute Gasteiger partial charge is 0.459 e. The van der Waals surface area contributed by atoms with Crippen LogP contribution >= 0.6 is 0 Å². The fourth-order valence-corrected chi connectivity index (χ4v) is 9.74. The lowest BCUT2D eigenvalue weighted by Gasteiger charge is -2.48. The maximum Gasteiger partial charge on any atom is 0.340 e. The zero-order valence-corrected chi connectivity index (χ0v) is 46.3. The minimum atomic E-state index is -2.05. The molecular weight excluding hydrogens is 1120 g/mol. The number of hydrogen-bond acceptors (Lipinski definition) is 18. The number of benzene rings is 8. The summed E-state index contributed by atoms with van der Waals surface area (Å²) in [5, 5.41) is 0. The molecule has 10 atom stereocenters. The molecule has 2 saturated heterocycles. The Bertz CT molecular complexity index is 3620. The molecule has 440 valence electrons. The third-order valence-electron chi connectivity index (χ3n) is 14.1. The molecule has 0 N–H and O–H groups in total. The summed E-state index contributed by atoms with van der Waals surface area (Å²) >= 11 is 0. The van der Waals surface area contributed by atoms with E-state index in [0.29, 0.717) is 5.56 Å². The second kappa shape index (κ2) is 28.9. The Hall–Kier alpha value is -10.4. The van der Waals surface area contributed by atoms with Crippen molar-refractivity contribution in [2.24, 2.45) is 0 Å². The highest BCUT2D eigenvalue weighted by Gasteiger charge is 2.59. The Morgan fingerprint density at radius 3 is 0.920 bits per heavy atom. The van der Waals surface area contributed by atoms with Crippen molar-refractivity contribution in [3.05, 3.63) is 287 Å². The van der Waals surface area contributed by atoms with Crippen molar-refractivity contribution in [1.82, 2.24) is 0 Å². The van der Waals surface area contributed by atoms with Crippen molar-refractivity contribution in [2.75, 3.05) is 6.61 Å². The van der Waals surface area contributed by atoms with Gasteiger partial charge in [0.2, 0.25) is 12.4 Å². The molecule has 0 radical (unpaired) electrons. The Morgan fingerprint density at radius 2 is 0.552 bits per heavy atom.